The lowest BCUT2D eigenvalue weighted by atomic mass is 9.91. The Bertz CT molecular complexity index is 1990. The molecule has 0 radical (unpaired) electrons. The molecule has 0 atom stereocenters. The minimum Gasteiger partial charge on any atom is -0.493 e. The molecule has 2 aromatic carbocycles. The zero-order chi connectivity index (χ0) is 53.4. The quantitative estimate of drug-likeness (QED) is 0.0375. The Morgan fingerprint density at radius 2 is 0.608 bits per heavy atom. The van der Waals surface area contributed by atoms with E-state index in [1.54, 1.807) is 0 Å². The molecular weight excluding hydrogens is 909 g/mol. The van der Waals surface area contributed by atoms with Crippen molar-refractivity contribution in [3.8, 4) is 0 Å². The first-order valence-electron chi connectivity index (χ1n) is 31.6. The second-order valence-corrected chi connectivity index (χ2v) is 22.3. The van der Waals surface area contributed by atoms with Crippen molar-refractivity contribution in [3.63, 3.8) is 0 Å². The maximum atomic E-state index is 14.3. The summed E-state index contributed by atoms with van der Waals surface area (Å²) in [5.41, 5.74) is 17.7. The molecule has 414 valence electrons. The fourth-order valence-corrected chi connectivity index (χ4v) is 10.9. The number of hydrogen-bond acceptors (Lipinski definition) is 4. The molecule has 0 saturated carbocycles. The molecule has 1 aliphatic rings. The van der Waals surface area contributed by atoms with Crippen LogP contribution in [0.25, 0.3) is 16.9 Å². The van der Waals surface area contributed by atoms with Crippen molar-refractivity contribution in [1.82, 2.24) is 0 Å². The number of Topliss-reactive ketones (excluding diaryl/α,β-unsaturated/α-hetero) is 4. The largest absolute Gasteiger partial charge is 0.493 e. The van der Waals surface area contributed by atoms with Gasteiger partial charge in [0.25, 0.3) is 0 Å². The van der Waals surface area contributed by atoms with E-state index in [1.165, 1.54) is 159 Å². The molecule has 0 aromatic heterocycles. The molecule has 1 aliphatic heterocycles. The predicted octanol–water partition coefficient (Wildman–Crippen LogP) is 22.1. The highest BCUT2D eigenvalue weighted by atomic mass is 16.1. The normalized spacial score (nSPS) is 12.6. The first kappa shape index (κ1) is 64.5. The van der Waals surface area contributed by atoms with Crippen molar-refractivity contribution >= 4 is 34.5 Å². The van der Waals surface area contributed by atoms with Crippen LogP contribution in [0.15, 0.2) is 48.0 Å². The molecule has 0 aliphatic carbocycles. The Balaban J connectivity index is 1.88. The number of benzene rings is 2. The molecule has 0 N–H and O–H groups in total. The molecule has 1 heterocycles. The van der Waals surface area contributed by atoms with Gasteiger partial charge in [0.15, 0.2) is 23.1 Å². The van der Waals surface area contributed by atoms with Crippen LogP contribution < -0.4 is 0 Å². The summed E-state index contributed by atoms with van der Waals surface area (Å²) in [5, 5.41) is 0. The highest BCUT2D eigenvalue weighted by Crippen LogP contribution is 2.39. The third-order valence-electron chi connectivity index (χ3n) is 15.7. The summed E-state index contributed by atoms with van der Waals surface area (Å²) in [5.74, 6) is 0.0267. The van der Waals surface area contributed by atoms with Gasteiger partial charge in [0.2, 0.25) is 11.4 Å². The molecule has 6 nitrogen and oxygen atoms in total. The van der Waals surface area contributed by atoms with Gasteiger partial charge in [0.05, 0.1) is 0 Å². The van der Waals surface area contributed by atoms with Crippen molar-refractivity contribution in [3.05, 3.63) is 87.0 Å². The van der Waals surface area contributed by atoms with E-state index in [9.17, 15) is 24.7 Å². The summed E-state index contributed by atoms with van der Waals surface area (Å²) in [6.45, 7) is 11.1. The van der Waals surface area contributed by atoms with Crippen LogP contribution in [-0.4, -0.2) is 27.8 Å². The Kier molecular flexibility index (Phi) is 36.1. The van der Waals surface area contributed by atoms with Crippen molar-refractivity contribution in [2.45, 2.75) is 311 Å². The van der Waals surface area contributed by atoms with Crippen molar-refractivity contribution < 1.29 is 23.9 Å². The Labute approximate surface area is 454 Å². The van der Waals surface area contributed by atoms with Crippen LogP contribution >= 0.6 is 0 Å². The zero-order valence-electron chi connectivity index (χ0n) is 48.5. The summed E-state index contributed by atoms with van der Waals surface area (Å²) >= 11 is 0. The Morgan fingerprint density at radius 3 is 0.932 bits per heavy atom. The number of carbonyl (C=O) groups excluding carboxylic acids is 4. The van der Waals surface area contributed by atoms with E-state index in [0.717, 1.165) is 95.5 Å². The monoisotopic (exact) mass is 1020 g/mol. The minimum absolute atomic E-state index is 0.00519. The maximum absolute atomic E-state index is 14.3. The van der Waals surface area contributed by atoms with Crippen molar-refractivity contribution in [1.29, 1.82) is 0 Å². The number of hydrogen-bond donors (Lipinski definition) is 0. The maximum Gasteiger partial charge on any atom is 0.210 e. The van der Waals surface area contributed by atoms with Gasteiger partial charge in [-0.15, -0.1) is 0 Å². The third kappa shape index (κ3) is 25.4. The first-order chi connectivity index (χ1) is 36.2. The number of rotatable bonds is 49. The van der Waals surface area contributed by atoms with Gasteiger partial charge in [0, 0.05) is 70.7 Å². The van der Waals surface area contributed by atoms with E-state index >= 15 is 0 Å². The van der Waals surface area contributed by atoms with E-state index in [2.05, 4.69) is 34.6 Å². The summed E-state index contributed by atoms with van der Waals surface area (Å²) in [7, 11) is 0. The van der Waals surface area contributed by atoms with Gasteiger partial charge in [-0.2, -0.15) is 0 Å². The van der Waals surface area contributed by atoms with Crippen LogP contribution in [0.3, 0.4) is 0 Å². The number of ketones is 4. The lowest BCUT2D eigenvalue weighted by Gasteiger charge is -2.15. The first-order valence-corrected chi connectivity index (χ1v) is 31.6. The predicted molar refractivity (Wildman–Crippen MR) is 316 cm³/mol. The van der Waals surface area contributed by atoms with E-state index < -0.39 is 0 Å². The topological polar surface area (TPSA) is 93.6 Å². The van der Waals surface area contributed by atoms with Crippen LogP contribution in [0.4, 0.5) is 0 Å². The SMILES string of the molecule is CCCCCCCCCCCC(=O)c1ccc(C2=CC(CCCC)=C(c3ccc(C(=O)CCCCCCCCCCC)c(C(=O)CCCCCCCCCCC)c3)[N+]2=[N-])cc1C(=O)CCCCCCCCCCC. The Hall–Kier alpha value is -3.80. The van der Waals surface area contributed by atoms with Gasteiger partial charge in [-0.1, -0.05) is 247 Å². The van der Waals surface area contributed by atoms with E-state index in [4.69, 9.17) is 0 Å². The lowest BCUT2D eigenvalue weighted by molar-refractivity contribution is -0.344. The van der Waals surface area contributed by atoms with Gasteiger partial charge in [0.1, 0.15) is 0 Å². The van der Waals surface area contributed by atoms with Gasteiger partial charge < -0.3 is 5.53 Å². The molecule has 0 fully saturated rings. The summed E-state index contributed by atoms with van der Waals surface area (Å²) < 4.78 is 1.23. The van der Waals surface area contributed by atoms with Crippen LogP contribution in [0.1, 0.15) is 363 Å². The van der Waals surface area contributed by atoms with Gasteiger partial charge in [-0.25, -0.2) is 4.70 Å². The van der Waals surface area contributed by atoms with Crippen LogP contribution in [0.5, 0.6) is 0 Å². The molecule has 0 saturated heterocycles. The van der Waals surface area contributed by atoms with Gasteiger partial charge in [-0.3, -0.25) is 19.2 Å². The van der Waals surface area contributed by atoms with E-state index in [0.29, 0.717) is 76.9 Å². The van der Waals surface area contributed by atoms with Gasteiger partial charge >= 0.3 is 0 Å². The molecule has 0 unspecified atom stereocenters. The van der Waals surface area contributed by atoms with Gasteiger partial charge in [-0.05, 0) is 74.9 Å². The summed E-state index contributed by atoms with van der Waals surface area (Å²) in [6, 6.07) is 11.2. The second-order valence-electron chi connectivity index (χ2n) is 22.3. The fourth-order valence-electron chi connectivity index (χ4n) is 10.9. The Morgan fingerprint density at radius 1 is 0.338 bits per heavy atom. The number of unbranched alkanes of at least 4 members (excludes halogenated alkanes) is 33. The molecule has 0 spiro atoms. The number of carbonyl (C=O) groups is 4. The third-order valence-corrected chi connectivity index (χ3v) is 15.7. The van der Waals surface area contributed by atoms with E-state index in [-0.39, 0.29) is 23.1 Å². The number of allylic oxidation sites excluding steroid dienone is 2. The molecule has 74 heavy (non-hydrogen) atoms. The molecule has 0 bridgehead atoms. The van der Waals surface area contributed by atoms with Crippen molar-refractivity contribution in [2.75, 3.05) is 0 Å². The van der Waals surface area contributed by atoms with E-state index in [1.807, 2.05) is 42.5 Å². The second kappa shape index (κ2) is 41.4. The molecular formula is C68H108N2O4. The standard InChI is InChI=1S/C68H108N2O4/c1-6-11-16-20-24-28-32-36-40-45-64(71)59-51-49-56(53-61(59)66(73)47-42-38-34-30-26-22-18-13-8-3)63-55-57(44-15-10-5)68(70(63)69)58-50-52-60(65(72)46-41-37-33-29-25-21-17-12-7-2)62(54-58)67(74)48-43-39-35-31-27-23-19-14-9-4/h49-55H,6-48H2,1-5H3. The average Bonchev–Trinajstić information content (AvgIpc) is 3.74. The highest BCUT2D eigenvalue weighted by Gasteiger charge is 2.31. The molecule has 3 rings (SSSR count). The zero-order valence-corrected chi connectivity index (χ0v) is 48.5. The average molecular weight is 1020 g/mol. The van der Waals surface area contributed by atoms with Crippen LogP contribution in [0.2, 0.25) is 0 Å². The molecule has 0 amide bonds. The lowest BCUT2D eigenvalue weighted by Crippen LogP contribution is -2.12. The summed E-state index contributed by atoms with van der Waals surface area (Å²) in [4.78, 5) is 56.5. The molecule has 6 heteroatoms. The van der Waals surface area contributed by atoms with Crippen LogP contribution in [0, 0.1) is 0 Å². The molecule has 2 aromatic rings. The summed E-state index contributed by atoms with van der Waals surface area (Å²) in [6.07, 6.45) is 48.3. The highest BCUT2D eigenvalue weighted by molar-refractivity contribution is 6.10. The minimum atomic E-state index is -0.00880. The smallest absolute Gasteiger partial charge is 0.210 e. The van der Waals surface area contributed by atoms with Crippen LogP contribution in [-0.2, 0) is 0 Å². The number of nitrogens with zero attached hydrogens (tertiary/aromatic N) is 2. The van der Waals surface area contributed by atoms with Crippen molar-refractivity contribution in [2.24, 2.45) is 0 Å². The fraction of sp³-hybridized carbons (Fsp3) is 0.706.